The number of ether oxygens (including phenoxy) is 4. The quantitative estimate of drug-likeness (QED) is 0.0725. The fourth-order valence-corrected chi connectivity index (χ4v) is 15.6. The maximum Gasteiger partial charge on any atom is 0.319 e. The highest BCUT2D eigenvalue weighted by molar-refractivity contribution is 6.90. The van der Waals surface area contributed by atoms with Gasteiger partial charge in [-0.25, -0.2) is 18.2 Å². The van der Waals surface area contributed by atoms with E-state index in [0.717, 1.165) is 32.2 Å². The van der Waals surface area contributed by atoms with Gasteiger partial charge in [0, 0.05) is 43.7 Å². The van der Waals surface area contributed by atoms with Crippen molar-refractivity contribution in [2.45, 2.75) is 114 Å². The van der Waals surface area contributed by atoms with E-state index < -0.39 is 31.4 Å². The molecule has 59 heavy (non-hydrogen) atoms. The summed E-state index contributed by atoms with van der Waals surface area (Å²) in [4.78, 5) is 16.4. The van der Waals surface area contributed by atoms with Crippen LogP contribution in [0.25, 0.3) is 32.9 Å². The summed E-state index contributed by atoms with van der Waals surface area (Å²) in [5, 5.41) is 14.5. The number of alkyl halides is 1. The van der Waals surface area contributed by atoms with Gasteiger partial charge in [0.25, 0.3) is 0 Å². The van der Waals surface area contributed by atoms with Crippen molar-refractivity contribution < 1.29 is 37.2 Å². The first-order valence-corrected chi connectivity index (χ1v) is 23.2. The Bertz CT molecular complexity index is 2230. The average Bonchev–Trinajstić information content (AvgIpc) is 3.91. The molecule has 2 aromatic carbocycles. The number of pyridine rings is 1. The fourth-order valence-electron chi connectivity index (χ4n) is 10.4. The molecule has 2 saturated heterocycles. The molecule has 0 unspecified atom stereocenters. The number of benzene rings is 2. The summed E-state index contributed by atoms with van der Waals surface area (Å²) in [7, 11) is 0.616. The average molecular weight is 834 g/mol. The van der Waals surface area contributed by atoms with Crippen LogP contribution in [0.15, 0.2) is 24.3 Å². The molecule has 4 atom stereocenters. The van der Waals surface area contributed by atoms with Crippen molar-refractivity contribution in [3.63, 3.8) is 0 Å². The molecule has 0 spiro atoms. The third kappa shape index (κ3) is 8.08. The van der Waals surface area contributed by atoms with Gasteiger partial charge < -0.3 is 29.4 Å². The number of nitrogens with zero attached hydrogens (tertiary/aromatic N) is 4. The number of aliphatic hydroxyl groups is 1. The highest BCUT2D eigenvalue weighted by Gasteiger charge is 2.49. The van der Waals surface area contributed by atoms with E-state index in [-0.39, 0.29) is 77.4 Å². The summed E-state index contributed by atoms with van der Waals surface area (Å²) in [5.41, 5.74) is 4.18. The maximum absolute atomic E-state index is 17.7. The number of halogens is 3. The lowest BCUT2D eigenvalue weighted by atomic mass is 9.95. The molecule has 2 aliphatic heterocycles. The molecule has 7 rings (SSSR count). The SMILES string of the molecule is COCOc1cc(-c2nc(OC)c3c(N[C@@H]4CC[C@H](CO)C4)nc(OC[C@@]45CCCN4C[C@H](F)C5)nc3c2F)c2c(C#C[Si](C(C)C)(C(C)C)C(C)C)c(F)ccc2c1. The van der Waals surface area contributed by atoms with E-state index in [1.807, 2.05) is 0 Å². The van der Waals surface area contributed by atoms with Crippen LogP contribution in [0.3, 0.4) is 0 Å². The Kier molecular flexibility index (Phi) is 12.7. The smallest absolute Gasteiger partial charge is 0.319 e. The van der Waals surface area contributed by atoms with E-state index in [1.54, 1.807) is 18.2 Å². The van der Waals surface area contributed by atoms with Crippen LogP contribution < -0.4 is 19.5 Å². The van der Waals surface area contributed by atoms with Gasteiger partial charge in [0.1, 0.15) is 54.8 Å². The van der Waals surface area contributed by atoms with Crippen molar-refractivity contribution in [1.82, 2.24) is 19.9 Å². The molecule has 10 nitrogen and oxygen atoms in total. The second kappa shape index (κ2) is 17.4. The van der Waals surface area contributed by atoms with Gasteiger partial charge in [0.2, 0.25) is 5.88 Å². The molecule has 4 aromatic rings. The van der Waals surface area contributed by atoms with Gasteiger partial charge in [-0.05, 0) is 84.8 Å². The second-order valence-electron chi connectivity index (χ2n) is 17.6. The summed E-state index contributed by atoms with van der Waals surface area (Å²) < 4.78 is 72.1. The molecule has 0 amide bonds. The third-order valence-electron chi connectivity index (χ3n) is 13.2. The third-order valence-corrected chi connectivity index (χ3v) is 19.5. The molecule has 2 N–H and O–H groups in total. The Morgan fingerprint density at radius 2 is 1.76 bits per heavy atom. The molecule has 1 saturated carbocycles. The first-order chi connectivity index (χ1) is 28.2. The topological polar surface area (TPSA) is 111 Å². The number of rotatable bonds is 14. The van der Waals surface area contributed by atoms with Crippen molar-refractivity contribution in [3.8, 4) is 40.4 Å². The van der Waals surface area contributed by atoms with E-state index in [1.165, 1.54) is 20.3 Å². The zero-order valence-corrected chi connectivity index (χ0v) is 36.6. The van der Waals surface area contributed by atoms with Gasteiger partial charge in [-0.1, -0.05) is 53.5 Å². The van der Waals surface area contributed by atoms with Crippen molar-refractivity contribution in [2.24, 2.45) is 5.92 Å². The highest BCUT2D eigenvalue weighted by atomic mass is 28.3. The lowest BCUT2D eigenvalue weighted by Gasteiger charge is -2.38. The van der Waals surface area contributed by atoms with E-state index in [4.69, 9.17) is 28.9 Å². The Morgan fingerprint density at radius 3 is 2.44 bits per heavy atom. The molecule has 4 heterocycles. The molecule has 0 radical (unpaired) electrons. The Labute approximate surface area is 346 Å². The van der Waals surface area contributed by atoms with Crippen LogP contribution in [-0.2, 0) is 4.74 Å². The number of aromatic nitrogens is 3. The molecule has 3 aliphatic rings. The lowest BCUT2D eigenvalue weighted by Crippen LogP contribution is -2.43. The van der Waals surface area contributed by atoms with E-state index in [9.17, 15) is 9.50 Å². The molecule has 0 bridgehead atoms. The van der Waals surface area contributed by atoms with Crippen molar-refractivity contribution in [1.29, 1.82) is 0 Å². The zero-order valence-electron chi connectivity index (χ0n) is 35.6. The van der Waals surface area contributed by atoms with Gasteiger partial charge >= 0.3 is 6.01 Å². The minimum absolute atomic E-state index is 0.0463. The molecule has 14 heteroatoms. The Hall–Kier alpha value is -4.16. The van der Waals surface area contributed by atoms with E-state index in [2.05, 4.69) is 68.2 Å². The predicted octanol–water partition coefficient (Wildman–Crippen LogP) is 9.21. The van der Waals surface area contributed by atoms with Crippen LogP contribution in [0.4, 0.5) is 19.0 Å². The second-order valence-corrected chi connectivity index (χ2v) is 23.2. The summed E-state index contributed by atoms with van der Waals surface area (Å²) in [6.45, 7) is 14.4. The van der Waals surface area contributed by atoms with Crippen LogP contribution in [0.5, 0.6) is 17.6 Å². The summed E-state index contributed by atoms with van der Waals surface area (Å²) >= 11 is 0. The standard InChI is InChI=1S/C45H58F3N5O5Si/c1-26(2)59(27(3)4,28(5)6)17-14-34-36(47)13-11-30-19-33(58-25-55-7)20-35(37(30)34)40-39(48)41-38(43(50-40)56-8)42(49-32-12-10-29(18-32)23-54)52-44(51-41)57-24-45-15-9-16-53(45)22-31(46)21-45/h11,13,19-20,26-29,31-32,54H,9-10,12,15-16,18,21-25H2,1-8H3,(H,49,51,52)/t29-,31+,32+,45-/m0/s1. The number of hydrogen-bond donors (Lipinski definition) is 2. The molecule has 2 aromatic heterocycles. The number of aliphatic hydroxyl groups excluding tert-OH is 1. The van der Waals surface area contributed by atoms with Gasteiger partial charge in [-0.2, -0.15) is 9.97 Å². The maximum atomic E-state index is 17.7. The normalized spacial score (nSPS) is 22.1. The van der Waals surface area contributed by atoms with Crippen LogP contribution in [0.1, 0.15) is 85.6 Å². The minimum Gasteiger partial charge on any atom is -0.480 e. The zero-order chi connectivity index (χ0) is 42.2. The lowest BCUT2D eigenvalue weighted by molar-refractivity contribution is 0.0512. The first kappa shape index (κ1) is 42.9. The van der Waals surface area contributed by atoms with Gasteiger partial charge in [-0.15, -0.1) is 5.54 Å². The number of anilines is 1. The number of nitrogens with one attached hydrogen (secondary N) is 1. The van der Waals surface area contributed by atoms with E-state index >= 15 is 8.78 Å². The van der Waals surface area contributed by atoms with Gasteiger partial charge in [0.05, 0.1) is 18.2 Å². The van der Waals surface area contributed by atoms with Crippen LogP contribution in [0.2, 0.25) is 16.6 Å². The number of hydrogen-bond acceptors (Lipinski definition) is 10. The highest BCUT2D eigenvalue weighted by Crippen LogP contribution is 2.45. The van der Waals surface area contributed by atoms with Crippen LogP contribution in [0, 0.1) is 29.0 Å². The van der Waals surface area contributed by atoms with Crippen molar-refractivity contribution in [2.75, 3.05) is 52.6 Å². The Balaban J connectivity index is 1.45. The number of fused-ring (bicyclic) bond motifs is 3. The van der Waals surface area contributed by atoms with Crippen LogP contribution >= 0.6 is 0 Å². The minimum atomic E-state index is -2.33. The summed E-state index contributed by atoms with van der Waals surface area (Å²) in [6, 6.07) is 6.23. The molecular weight excluding hydrogens is 776 g/mol. The van der Waals surface area contributed by atoms with Crippen LogP contribution in [-0.4, -0.2) is 98.1 Å². The Morgan fingerprint density at radius 1 is 1.00 bits per heavy atom. The molecular formula is C45H58F3N5O5Si. The predicted molar refractivity (Wildman–Crippen MR) is 228 cm³/mol. The van der Waals surface area contributed by atoms with Crippen molar-refractivity contribution in [3.05, 3.63) is 41.5 Å². The molecule has 3 fully saturated rings. The number of methoxy groups -OCH3 is 2. The van der Waals surface area contributed by atoms with Crippen molar-refractivity contribution >= 4 is 35.6 Å². The first-order valence-electron chi connectivity index (χ1n) is 21.0. The molecule has 318 valence electrons. The van der Waals surface area contributed by atoms with Gasteiger partial charge in [0.15, 0.2) is 12.6 Å². The van der Waals surface area contributed by atoms with Gasteiger partial charge in [-0.3, -0.25) is 4.90 Å². The van der Waals surface area contributed by atoms with E-state index in [0.29, 0.717) is 52.5 Å². The fraction of sp³-hybridized carbons (Fsp3) is 0.578. The summed E-state index contributed by atoms with van der Waals surface area (Å²) in [6.07, 6.45) is 3.38. The summed E-state index contributed by atoms with van der Waals surface area (Å²) in [5.74, 6) is 2.78. The molecule has 1 aliphatic carbocycles. The monoisotopic (exact) mass is 833 g/mol. The largest absolute Gasteiger partial charge is 0.480 e.